The molecule has 2 fully saturated rings. The molecule has 0 aromatic rings. The van der Waals surface area contributed by atoms with Crippen molar-refractivity contribution >= 4 is 11.8 Å². The molecule has 3 atom stereocenters. The summed E-state index contributed by atoms with van der Waals surface area (Å²) < 4.78 is 11.9. The average molecular weight is 287 g/mol. The van der Waals surface area contributed by atoms with Gasteiger partial charge < -0.3 is 9.47 Å². The van der Waals surface area contributed by atoms with Crippen LogP contribution in [0.1, 0.15) is 40.0 Å². The number of methoxy groups -OCH3 is 1. The molecule has 0 N–H and O–H groups in total. The van der Waals surface area contributed by atoms with E-state index in [9.17, 15) is 0 Å². The molecule has 2 aliphatic rings. The molecule has 1 heterocycles. The predicted molar refractivity (Wildman–Crippen MR) is 82.0 cm³/mol. The average Bonchev–Trinajstić information content (AvgIpc) is 2.37. The van der Waals surface area contributed by atoms with E-state index >= 15 is 0 Å². The first-order valence-corrected chi connectivity index (χ1v) is 8.50. The lowest BCUT2D eigenvalue weighted by molar-refractivity contribution is -0.111. The monoisotopic (exact) mass is 287 g/mol. The Balaban J connectivity index is 1.84. The quantitative estimate of drug-likeness (QED) is 0.792. The van der Waals surface area contributed by atoms with Crippen LogP contribution in [0.2, 0.25) is 0 Å². The molecule has 0 bridgehead atoms. The Hall–Kier alpha value is 0.230. The van der Waals surface area contributed by atoms with Crippen molar-refractivity contribution in [1.29, 1.82) is 0 Å². The lowest BCUT2D eigenvalue weighted by atomic mass is 9.88. The summed E-state index contributed by atoms with van der Waals surface area (Å²) in [7, 11) is 1.84. The summed E-state index contributed by atoms with van der Waals surface area (Å²) in [6, 6.07) is 0.577. The minimum absolute atomic E-state index is 0.368. The highest BCUT2D eigenvalue weighted by atomic mass is 32.2. The number of morpholine rings is 1. The number of hydrogen-bond acceptors (Lipinski definition) is 4. The fourth-order valence-electron chi connectivity index (χ4n) is 3.11. The van der Waals surface area contributed by atoms with Gasteiger partial charge in [-0.1, -0.05) is 20.8 Å². The second-order valence-electron chi connectivity index (χ2n) is 6.64. The van der Waals surface area contributed by atoms with Gasteiger partial charge in [0.15, 0.2) is 0 Å². The molecule has 2 rings (SSSR count). The molecular formula is C15H29NO2S. The molecule has 1 saturated carbocycles. The van der Waals surface area contributed by atoms with Crippen molar-refractivity contribution < 1.29 is 9.47 Å². The summed E-state index contributed by atoms with van der Waals surface area (Å²) in [5.74, 6) is 1.21. The van der Waals surface area contributed by atoms with Gasteiger partial charge >= 0.3 is 0 Å². The van der Waals surface area contributed by atoms with E-state index in [-0.39, 0.29) is 0 Å². The van der Waals surface area contributed by atoms with E-state index in [2.05, 4.69) is 37.4 Å². The molecule has 0 amide bonds. The van der Waals surface area contributed by atoms with Crippen LogP contribution < -0.4 is 0 Å². The van der Waals surface area contributed by atoms with Crippen molar-refractivity contribution in [2.24, 2.45) is 0 Å². The molecule has 1 saturated heterocycles. The molecule has 3 nitrogen and oxygen atoms in total. The zero-order chi connectivity index (χ0) is 13.9. The second kappa shape index (κ2) is 6.79. The normalized spacial score (nSPS) is 33.2. The minimum atomic E-state index is 0.368. The minimum Gasteiger partial charge on any atom is -0.381 e. The summed E-state index contributed by atoms with van der Waals surface area (Å²) in [5.41, 5.74) is 0. The standard InChI is InChI=1S/C15H29NO2S/c1-15(2,3)19-10-8-16-7-9-18-14-6-5-12(17-4)11-13(14)16/h12-14H,5-11H2,1-4H3/t12-,13+,14+/m1/s1. The molecular weight excluding hydrogens is 258 g/mol. The predicted octanol–water partition coefficient (Wildman–Crippen LogP) is 2.79. The summed E-state index contributed by atoms with van der Waals surface area (Å²) in [4.78, 5) is 2.64. The zero-order valence-corrected chi connectivity index (χ0v) is 13.7. The van der Waals surface area contributed by atoms with E-state index in [4.69, 9.17) is 9.47 Å². The first-order chi connectivity index (χ1) is 8.99. The maximum absolute atomic E-state index is 5.95. The maximum Gasteiger partial charge on any atom is 0.0732 e. The molecule has 0 aromatic carbocycles. The Morgan fingerprint density at radius 3 is 2.79 bits per heavy atom. The van der Waals surface area contributed by atoms with Gasteiger partial charge in [-0.3, -0.25) is 4.90 Å². The van der Waals surface area contributed by atoms with E-state index in [1.807, 2.05) is 7.11 Å². The van der Waals surface area contributed by atoms with Crippen molar-refractivity contribution in [3.63, 3.8) is 0 Å². The number of thioether (sulfide) groups is 1. The van der Waals surface area contributed by atoms with Crippen molar-refractivity contribution in [3.8, 4) is 0 Å². The lowest BCUT2D eigenvalue weighted by Gasteiger charge is -2.45. The third kappa shape index (κ3) is 4.62. The number of rotatable bonds is 4. The van der Waals surface area contributed by atoms with Gasteiger partial charge in [-0.2, -0.15) is 11.8 Å². The van der Waals surface area contributed by atoms with Crippen molar-refractivity contribution in [3.05, 3.63) is 0 Å². The van der Waals surface area contributed by atoms with Crippen LogP contribution >= 0.6 is 11.8 Å². The van der Waals surface area contributed by atoms with E-state index in [0.717, 1.165) is 32.4 Å². The van der Waals surface area contributed by atoms with E-state index in [1.54, 1.807) is 0 Å². The van der Waals surface area contributed by atoms with Gasteiger partial charge in [-0.15, -0.1) is 0 Å². The number of fused-ring (bicyclic) bond motifs is 1. The van der Waals surface area contributed by atoms with Gasteiger partial charge in [-0.25, -0.2) is 0 Å². The Bertz CT molecular complexity index is 280. The lowest BCUT2D eigenvalue weighted by Crippen LogP contribution is -2.55. The van der Waals surface area contributed by atoms with Crippen molar-refractivity contribution in [2.75, 3.05) is 32.6 Å². The van der Waals surface area contributed by atoms with Crippen LogP contribution in [-0.2, 0) is 9.47 Å². The molecule has 0 radical (unpaired) electrons. The number of hydrogen-bond donors (Lipinski definition) is 0. The van der Waals surface area contributed by atoms with Crippen LogP contribution in [0.3, 0.4) is 0 Å². The molecule has 112 valence electrons. The van der Waals surface area contributed by atoms with Crippen LogP contribution in [0.25, 0.3) is 0 Å². The van der Waals surface area contributed by atoms with E-state index in [1.165, 1.54) is 12.3 Å². The van der Waals surface area contributed by atoms with Crippen molar-refractivity contribution in [1.82, 2.24) is 4.90 Å². The van der Waals surface area contributed by atoms with Gasteiger partial charge in [-0.05, 0) is 19.3 Å². The van der Waals surface area contributed by atoms with Crippen LogP contribution in [0.4, 0.5) is 0 Å². The Morgan fingerprint density at radius 1 is 1.32 bits per heavy atom. The van der Waals surface area contributed by atoms with Gasteiger partial charge in [0.05, 0.1) is 18.8 Å². The number of ether oxygens (including phenoxy) is 2. The zero-order valence-electron chi connectivity index (χ0n) is 12.9. The van der Waals surface area contributed by atoms with Crippen molar-refractivity contribution in [2.45, 2.75) is 63.0 Å². The fourth-order valence-corrected chi connectivity index (χ4v) is 4.05. The van der Waals surface area contributed by atoms with Crippen LogP contribution in [0, 0.1) is 0 Å². The smallest absolute Gasteiger partial charge is 0.0732 e. The fraction of sp³-hybridized carbons (Fsp3) is 1.00. The number of nitrogens with zero attached hydrogens (tertiary/aromatic N) is 1. The van der Waals surface area contributed by atoms with Gasteiger partial charge in [0.25, 0.3) is 0 Å². The summed E-state index contributed by atoms with van der Waals surface area (Å²) >= 11 is 2.06. The van der Waals surface area contributed by atoms with Gasteiger partial charge in [0, 0.05) is 36.7 Å². The third-order valence-corrected chi connectivity index (χ3v) is 5.39. The Labute approximate surface area is 122 Å². The Morgan fingerprint density at radius 2 is 2.11 bits per heavy atom. The van der Waals surface area contributed by atoms with Crippen LogP contribution in [0.5, 0.6) is 0 Å². The highest BCUT2D eigenvalue weighted by Crippen LogP contribution is 2.31. The molecule has 0 spiro atoms. The van der Waals surface area contributed by atoms with E-state index < -0.39 is 0 Å². The second-order valence-corrected chi connectivity index (χ2v) is 8.57. The first-order valence-electron chi connectivity index (χ1n) is 7.52. The van der Waals surface area contributed by atoms with Crippen LogP contribution in [0.15, 0.2) is 0 Å². The topological polar surface area (TPSA) is 21.7 Å². The maximum atomic E-state index is 5.95. The van der Waals surface area contributed by atoms with Crippen LogP contribution in [-0.4, -0.2) is 60.5 Å². The summed E-state index contributed by atoms with van der Waals surface area (Å²) in [5, 5.41) is 0. The largest absolute Gasteiger partial charge is 0.381 e. The molecule has 19 heavy (non-hydrogen) atoms. The Kier molecular flexibility index (Phi) is 5.58. The SMILES string of the molecule is CO[C@@H]1CC[C@@H]2OCCN(CCSC(C)(C)C)[C@H]2C1. The highest BCUT2D eigenvalue weighted by Gasteiger charge is 2.37. The molecule has 1 aliphatic carbocycles. The summed E-state index contributed by atoms with van der Waals surface area (Å²) in [6.07, 6.45) is 4.33. The molecule has 0 unspecified atom stereocenters. The first kappa shape index (κ1) is 15.6. The third-order valence-electron chi connectivity index (χ3n) is 4.13. The van der Waals surface area contributed by atoms with E-state index in [0.29, 0.717) is 23.0 Å². The molecule has 4 heteroatoms. The highest BCUT2D eigenvalue weighted by molar-refractivity contribution is 8.00. The van der Waals surface area contributed by atoms with Gasteiger partial charge in [0.1, 0.15) is 0 Å². The molecule has 0 aromatic heterocycles. The molecule has 1 aliphatic heterocycles. The summed E-state index contributed by atoms with van der Waals surface area (Å²) in [6.45, 7) is 10.0. The van der Waals surface area contributed by atoms with Gasteiger partial charge in [0.2, 0.25) is 0 Å².